The van der Waals surface area contributed by atoms with Crippen LogP contribution >= 0.6 is 81.2 Å². The van der Waals surface area contributed by atoms with Gasteiger partial charge in [-0.15, -0.1) is 20.5 Å². The number of nitrogens with zero attached hydrogens (tertiary/aromatic N) is 10. The zero-order valence-corrected chi connectivity index (χ0v) is 73.3. The van der Waals surface area contributed by atoms with Gasteiger partial charge in [0.05, 0.1) is 105 Å². The number of benzene rings is 9. The van der Waals surface area contributed by atoms with Crippen LogP contribution in [0, 0.1) is 36.5 Å². The maximum atomic E-state index is 13.2. The molecule has 9 N–H and O–H groups in total. The molecule has 11 rings (SSSR count). The predicted molar refractivity (Wildman–Crippen MR) is 476 cm³/mol. The summed E-state index contributed by atoms with van der Waals surface area (Å²) >= 11 is 43.9. The maximum absolute atomic E-state index is 13.2. The van der Waals surface area contributed by atoms with Gasteiger partial charge in [-0.1, -0.05) is 177 Å². The van der Waals surface area contributed by atoms with Gasteiger partial charge in [-0.05, 0) is 148 Å². The zero-order valence-electron chi connectivity index (χ0n) is 66.4. The Kier molecular flexibility index (Phi) is 38.0. The molecule has 2 heterocycles. The minimum absolute atomic E-state index is 0.0195. The number of nitriles is 2. The van der Waals surface area contributed by atoms with Gasteiger partial charge in [-0.2, -0.15) is 37.6 Å². The van der Waals surface area contributed by atoms with Crippen molar-refractivity contribution in [1.29, 1.82) is 10.5 Å². The van der Waals surface area contributed by atoms with Crippen LogP contribution in [0.2, 0.25) is 35.2 Å². The Morgan fingerprint density at radius 3 is 1.48 bits per heavy atom. The number of rotatable bonds is 34. The highest BCUT2D eigenvalue weighted by Crippen LogP contribution is 2.45. The molecular formula is C84H80Cl7N15O15S2. The molecule has 0 unspecified atom stereocenters. The van der Waals surface area contributed by atoms with E-state index >= 15 is 0 Å². The smallest absolute Gasteiger partial charge is 0.411 e. The summed E-state index contributed by atoms with van der Waals surface area (Å²) < 4.78 is 58.7. The van der Waals surface area contributed by atoms with Gasteiger partial charge in [0.2, 0.25) is 5.91 Å². The molecule has 0 saturated heterocycles. The van der Waals surface area contributed by atoms with Gasteiger partial charge in [0, 0.05) is 40.7 Å². The van der Waals surface area contributed by atoms with Gasteiger partial charge in [0.1, 0.15) is 71.0 Å². The average molecular weight is 1850 g/mol. The molecule has 0 aliphatic carbocycles. The molecule has 0 bridgehead atoms. The Hall–Kier alpha value is -12.1. The van der Waals surface area contributed by atoms with E-state index in [4.69, 9.17) is 117 Å². The Morgan fingerprint density at radius 1 is 0.504 bits per heavy atom. The molecule has 0 radical (unpaired) electrons. The summed E-state index contributed by atoms with van der Waals surface area (Å²) in [6.07, 6.45) is 14.7. The summed E-state index contributed by atoms with van der Waals surface area (Å²) in [5, 5.41) is 103. The van der Waals surface area contributed by atoms with Crippen LogP contribution in [0.1, 0.15) is 130 Å². The first-order chi connectivity index (χ1) is 59.2. The lowest BCUT2D eigenvalue weighted by atomic mass is 10.0. The van der Waals surface area contributed by atoms with Crippen LogP contribution in [0.15, 0.2) is 166 Å². The van der Waals surface area contributed by atoms with Crippen molar-refractivity contribution in [2.75, 3.05) is 47.6 Å². The molecule has 0 fully saturated rings. The summed E-state index contributed by atoms with van der Waals surface area (Å²) in [5.74, 6) is 0.781. The van der Waals surface area contributed by atoms with Gasteiger partial charge in [0.15, 0.2) is 23.1 Å². The number of fused-ring (bicyclic) bond motifs is 1. The molecule has 39 heteroatoms. The number of ether oxygens (including phenoxy) is 4. The summed E-state index contributed by atoms with van der Waals surface area (Å²) in [6, 6.07) is 40.6. The van der Waals surface area contributed by atoms with E-state index < -0.39 is 29.2 Å². The van der Waals surface area contributed by atoms with Crippen LogP contribution < -0.4 is 40.8 Å². The lowest BCUT2D eigenvalue weighted by molar-refractivity contribution is -0.116. The standard InChI is InChI=1S/C51H55Cl3N8O6.C33H25Cl4N7O5.2O2S/c1-3-5-6-7-8-9-10-11-12-15-23-56-51(66)39-28-46(37-17-13-14-18-38(37)48(39)64)68-25-24-67-36-21-19-34(20-22-36)58-43-29-41(53)45(30-40(43)52)62-50(33(31-55)32-57-62)61-60-35-26-42(54)49(65)44(27-35)59-47(63)16-4-2;1-4-48-33(47)41-26-11-20(10-24(36)31(26)46)42-43-32-18(14-38)15-39-44(32)27-13-22(34)25(12-23(27)35)40-19-5-7-21(8-6-19)49-28-9-16(2)30(45)29(37)17(28)3;2*1-3-2/h13-14,17-22,26-30,32,58,64-65H,3-12,15-16,23-25H2,1-2H3,(H,56,66)(H,59,63);5-13,15,40,45-46H,4H2,1-3H3,(H,41,47);;. The highest BCUT2D eigenvalue weighted by atomic mass is 35.5. The van der Waals surface area contributed by atoms with E-state index in [0.29, 0.717) is 92.0 Å². The quantitative estimate of drug-likeness (QED) is 0.0103. The minimum atomic E-state index is -0.801. The Labute approximate surface area is 748 Å². The molecule has 0 spiro atoms. The third-order valence-corrected chi connectivity index (χ3v) is 20.2. The molecule has 9 aromatic carbocycles. The molecule has 3 amide bonds. The van der Waals surface area contributed by atoms with Crippen molar-refractivity contribution in [3.8, 4) is 69.5 Å². The number of phenols is 4. The maximum Gasteiger partial charge on any atom is 0.411 e. The van der Waals surface area contributed by atoms with Crippen molar-refractivity contribution < 1.29 is 70.6 Å². The van der Waals surface area contributed by atoms with Gasteiger partial charge < -0.3 is 60.6 Å². The van der Waals surface area contributed by atoms with Crippen LogP contribution in [-0.4, -0.2) is 101 Å². The highest BCUT2D eigenvalue weighted by Gasteiger charge is 2.24. The number of aromatic hydroxyl groups is 4. The van der Waals surface area contributed by atoms with E-state index in [-0.39, 0.29) is 147 Å². The monoisotopic (exact) mass is 1850 g/mol. The fourth-order valence-corrected chi connectivity index (χ4v) is 13.4. The molecule has 0 atom stereocenters. The number of nitrogens with one attached hydrogen (secondary N) is 5. The third-order valence-electron chi connectivity index (χ3n) is 17.9. The normalized spacial score (nSPS) is 10.7. The largest absolute Gasteiger partial charge is 0.506 e. The first-order valence-electron chi connectivity index (χ1n) is 37.8. The summed E-state index contributed by atoms with van der Waals surface area (Å²) in [6.45, 7) is 10.2. The van der Waals surface area contributed by atoms with E-state index in [0.717, 1.165) is 19.3 Å². The van der Waals surface area contributed by atoms with Crippen molar-refractivity contribution in [2.24, 2.45) is 20.5 Å². The van der Waals surface area contributed by atoms with Crippen molar-refractivity contribution >= 4 is 190 Å². The van der Waals surface area contributed by atoms with Crippen LogP contribution in [0.4, 0.5) is 61.9 Å². The number of phenolic OH excluding ortho intramolecular Hbond substituents is 4. The molecule has 11 aromatic rings. The molecule has 642 valence electrons. The zero-order chi connectivity index (χ0) is 89.2. The molecule has 0 aliphatic rings. The number of carbonyl (C=O) groups excluding carboxylic acids is 3. The lowest BCUT2D eigenvalue weighted by Gasteiger charge is -2.15. The van der Waals surface area contributed by atoms with Crippen LogP contribution in [-0.2, 0) is 32.7 Å². The topological polar surface area (TPSA) is 430 Å². The fraction of sp³-hybridized carbons (Fsp3) is 0.250. The van der Waals surface area contributed by atoms with E-state index in [2.05, 4.69) is 64.2 Å². The number of azo groups is 2. The molecule has 30 nitrogen and oxygen atoms in total. The number of hydrogen-bond acceptors (Lipinski definition) is 25. The predicted octanol–water partition coefficient (Wildman–Crippen LogP) is 23.8. The van der Waals surface area contributed by atoms with Crippen molar-refractivity contribution in [3.63, 3.8) is 0 Å². The third kappa shape index (κ3) is 27.2. The summed E-state index contributed by atoms with van der Waals surface area (Å²) in [7, 11) is 0. The molecule has 123 heavy (non-hydrogen) atoms. The number of aromatic nitrogens is 4. The van der Waals surface area contributed by atoms with Gasteiger partial charge in [-0.25, -0.2) is 14.2 Å². The van der Waals surface area contributed by atoms with E-state index in [9.17, 15) is 45.3 Å². The summed E-state index contributed by atoms with van der Waals surface area (Å²) in [5.41, 5.74) is 4.85. The van der Waals surface area contributed by atoms with E-state index in [1.807, 2.05) is 49.4 Å². The Balaban J connectivity index is 0.000000300. The van der Waals surface area contributed by atoms with Gasteiger partial charge >= 0.3 is 29.2 Å². The number of hydrogen-bond donors (Lipinski definition) is 9. The number of carbonyl (C=O) groups is 3. The van der Waals surface area contributed by atoms with Crippen LogP contribution in [0.5, 0.6) is 46.0 Å². The number of aryl methyl sites for hydroxylation is 1. The van der Waals surface area contributed by atoms with E-state index in [1.165, 1.54) is 91.0 Å². The summed E-state index contributed by atoms with van der Waals surface area (Å²) in [4.78, 5) is 37.3. The van der Waals surface area contributed by atoms with Crippen LogP contribution in [0.3, 0.4) is 0 Å². The number of anilines is 6. The van der Waals surface area contributed by atoms with Gasteiger partial charge in [0.25, 0.3) is 5.91 Å². The lowest BCUT2D eigenvalue weighted by Crippen LogP contribution is -2.24. The Bertz CT molecular complexity index is 5810. The number of amides is 3. The molecular weight excluding hydrogens is 1770 g/mol. The first kappa shape index (κ1) is 96.4. The van der Waals surface area contributed by atoms with Crippen LogP contribution in [0.25, 0.3) is 22.1 Å². The van der Waals surface area contributed by atoms with Crippen molar-refractivity contribution in [3.05, 3.63) is 209 Å². The molecule has 0 aliphatic heterocycles. The number of halogens is 7. The first-order valence-corrected chi connectivity index (χ1v) is 41.8. The van der Waals surface area contributed by atoms with Crippen molar-refractivity contribution in [2.45, 2.75) is 112 Å². The molecule has 0 saturated carbocycles. The second-order valence-electron chi connectivity index (χ2n) is 26.5. The average Bonchev–Trinajstić information content (AvgIpc) is 1.45. The second kappa shape index (κ2) is 48.5. The van der Waals surface area contributed by atoms with Crippen molar-refractivity contribution in [1.82, 2.24) is 24.9 Å². The molecule has 2 aromatic heterocycles. The van der Waals surface area contributed by atoms with E-state index in [1.54, 1.807) is 99.6 Å². The second-order valence-corrected chi connectivity index (χ2v) is 29.6. The van der Waals surface area contributed by atoms with Gasteiger partial charge in [-0.3, -0.25) is 14.9 Å². The number of unbranched alkanes of at least 4 members (excludes halogenated alkanes) is 9. The SMILES string of the molecule is CCCCCCCCCCCCNC(=O)c1cc(OCCOc2ccc(Nc3cc(Cl)c(-n4ncc(C#N)c4N=Nc4cc(Cl)c(O)c(NC(=O)CCC)c4)cc3Cl)cc2)c2ccccc2c1O.CCOC(=O)Nc1cc(N=Nc2c(C#N)cnn2-c2cc(Cl)c(Nc3ccc(Oc4cc(C)c(O)c(Cl)c4C)cc3)cc2Cl)cc(Cl)c1O.O=S=O.O=S=O. The Morgan fingerprint density at radius 2 is 0.984 bits per heavy atom. The minimum Gasteiger partial charge on any atom is -0.506 e. The highest BCUT2D eigenvalue weighted by molar-refractivity contribution is 7.52. The fourth-order valence-electron chi connectivity index (χ4n) is 11.8.